The second-order valence-corrected chi connectivity index (χ2v) is 6.37. The van der Waals surface area contributed by atoms with Gasteiger partial charge in [0.25, 0.3) is 0 Å². The number of fused-ring (bicyclic) bond motifs is 1. The van der Waals surface area contributed by atoms with Crippen molar-refractivity contribution in [2.75, 3.05) is 24.2 Å². The van der Waals surface area contributed by atoms with Crippen LogP contribution in [0.5, 0.6) is 0 Å². The number of nitrogens with zero attached hydrogens (tertiary/aromatic N) is 2. The quantitative estimate of drug-likeness (QED) is 0.677. The molecular formula is C13H17N3OS2. The fraction of sp³-hybridized carbons (Fsp3) is 0.538. The molecule has 2 aromatic heterocycles. The van der Waals surface area contributed by atoms with E-state index in [2.05, 4.69) is 33.7 Å². The molecule has 0 amide bonds. The Morgan fingerprint density at radius 1 is 1.53 bits per heavy atom. The summed E-state index contributed by atoms with van der Waals surface area (Å²) in [5.41, 5.74) is 0. The van der Waals surface area contributed by atoms with Crippen LogP contribution < -0.4 is 5.32 Å². The average molecular weight is 295 g/mol. The van der Waals surface area contributed by atoms with Gasteiger partial charge in [0.15, 0.2) is 0 Å². The van der Waals surface area contributed by atoms with E-state index in [9.17, 15) is 0 Å². The summed E-state index contributed by atoms with van der Waals surface area (Å²) in [6, 6.07) is 2.10. The van der Waals surface area contributed by atoms with Crippen LogP contribution in [-0.2, 0) is 4.74 Å². The van der Waals surface area contributed by atoms with E-state index in [1.54, 1.807) is 23.1 Å². The molecule has 3 heterocycles. The van der Waals surface area contributed by atoms with Crippen LogP contribution in [0.3, 0.4) is 0 Å². The van der Waals surface area contributed by atoms with Gasteiger partial charge in [-0.05, 0) is 31.2 Å². The summed E-state index contributed by atoms with van der Waals surface area (Å²) in [6.45, 7) is 3.80. The Labute approximate surface area is 121 Å². The van der Waals surface area contributed by atoms with Crippen LogP contribution in [0.2, 0.25) is 0 Å². The van der Waals surface area contributed by atoms with Crippen LogP contribution >= 0.6 is 23.1 Å². The number of ether oxygens (including phenoxy) is 1. The summed E-state index contributed by atoms with van der Waals surface area (Å²) in [6.07, 6.45) is 2.74. The van der Waals surface area contributed by atoms with Gasteiger partial charge in [0.05, 0.1) is 6.10 Å². The van der Waals surface area contributed by atoms with Gasteiger partial charge in [-0.1, -0.05) is 0 Å². The second-order valence-electron chi connectivity index (χ2n) is 4.47. The van der Waals surface area contributed by atoms with Gasteiger partial charge in [-0.2, -0.15) is 0 Å². The van der Waals surface area contributed by atoms with Gasteiger partial charge < -0.3 is 10.1 Å². The summed E-state index contributed by atoms with van der Waals surface area (Å²) in [5, 5.41) is 7.50. The first-order chi connectivity index (χ1) is 9.36. The van der Waals surface area contributed by atoms with Crippen LogP contribution in [0.15, 0.2) is 16.5 Å². The van der Waals surface area contributed by atoms with E-state index in [0.29, 0.717) is 6.10 Å². The van der Waals surface area contributed by atoms with E-state index in [-0.39, 0.29) is 0 Å². The summed E-state index contributed by atoms with van der Waals surface area (Å²) < 4.78 is 5.67. The van der Waals surface area contributed by atoms with Gasteiger partial charge in [-0.25, -0.2) is 9.97 Å². The van der Waals surface area contributed by atoms with Crippen LogP contribution in [0.25, 0.3) is 10.2 Å². The van der Waals surface area contributed by atoms with E-state index in [1.165, 1.54) is 12.8 Å². The third-order valence-electron chi connectivity index (χ3n) is 3.05. The lowest BCUT2D eigenvalue weighted by molar-refractivity contribution is 0.129. The number of nitrogens with one attached hydrogen (secondary N) is 1. The van der Waals surface area contributed by atoms with Crippen molar-refractivity contribution in [3.63, 3.8) is 0 Å². The lowest BCUT2D eigenvalue weighted by Crippen LogP contribution is -2.08. The summed E-state index contributed by atoms with van der Waals surface area (Å²) in [7, 11) is 0. The monoisotopic (exact) mass is 295 g/mol. The number of thioether (sulfide) groups is 1. The molecule has 2 aromatic rings. The molecule has 19 heavy (non-hydrogen) atoms. The van der Waals surface area contributed by atoms with E-state index in [1.807, 2.05) is 0 Å². The van der Waals surface area contributed by atoms with Gasteiger partial charge in [0, 0.05) is 24.3 Å². The van der Waals surface area contributed by atoms with Crippen molar-refractivity contribution < 1.29 is 4.74 Å². The van der Waals surface area contributed by atoms with Crippen molar-refractivity contribution in [1.82, 2.24) is 9.97 Å². The fourth-order valence-corrected chi connectivity index (χ4v) is 4.03. The smallest absolute Gasteiger partial charge is 0.225 e. The van der Waals surface area contributed by atoms with Crippen LogP contribution in [0, 0.1) is 0 Å². The second kappa shape index (κ2) is 6.07. The van der Waals surface area contributed by atoms with Gasteiger partial charge in [-0.15, -0.1) is 23.1 Å². The summed E-state index contributed by atoms with van der Waals surface area (Å²) >= 11 is 3.45. The molecule has 0 aliphatic carbocycles. The number of aromatic nitrogens is 2. The van der Waals surface area contributed by atoms with E-state index >= 15 is 0 Å². The van der Waals surface area contributed by atoms with Crippen molar-refractivity contribution in [3.05, 3.63) is 11.4 Å². The van der Waals surface area contributed by atoms with Crippen molar-refractivity contribution in [3.8, 4) is 0 Å². The molecule has 3 rings (SSSR count). The molecule has 0 saturated carbocycles. The van der Waals surface area contributed by atoms with Crippen molar-refractivity contribution in [2.24, 2.45) is 0 Å². The topological polar surface area (TPSA) is 47.0 Å². The molecule has 102 valence electrons. The highest BCUT2D eigenvalue weighted by molar-refractivity contribution is 7.99. The number of hydrogen-bond donors (Lipinski definition) is 1. The SMILES string of the molecule is CCNc1nc(SCC2CCCO2)c2ccsc2n1. The molecule has 6 heteroatoms. The van der Waals surface area contributed by atoms with Crippen LogP contribution in [-0.4, -0.2) is 35.0 Å². The lowest BCUT2D eigenvalue weighted by atomic mass is 10.3. The lowest BCUT2D eigenvalue weighted by Gasteiger charge is -2.10. The first-order valence-electron chi connectivity index (χ1n) is 6.60. The van der Waals surface area contributed by atoms with Gasteiger partial charge >= 0.3 is 0 Å². The van der Waals surface area contributed by atoms with Crippen LogP contribution in [0.4, 0.5) is 5.95 Å². The highest BCUT2D eigenvalue weighted by Gasteiger charge is 2.17. The molecule has 1 aliphatic rings. The Balaban J connectivity index is 1.80. The maximum absolute atomic E-state index is 5.67. The Morgan fingerprint density at radius 3 is 3.26 bits per heavy atom. The van der Waals surface area contributed by atoms with Gasteiger partial charge in [0.1, 0.15) is 9.86 Å². The fourth-order valence-electron chi connectivity index (χ4n) is 2.12. The van der Waals surface area contributed by atoms with Crippen LogP contribution in [0.1, 0.15) is 19.8 Å². The molecule has 1 unspecified atom stereocenters. The minimum absolute atomic E-state index is 0.385. The number of thiophene rings is 1. The molecular weight excluding hydrogens is 278 g/mol. The van der Waals surface area contributed by atoms with Crippen molar-refractivity contribution in [2.45, 2.75) is 30.9 Å². The third kappa shape index (κ3) is 3.01. The Morgan fingerprint density at radius 2 is 2.47 bits per heavy atom. The molecule has 0 spiro atoms. The summed E-state index contributed by atoms with van der Waals surface area (Å²) in [5.74, 6) is 1.71. The molecule has 4 nitrogen and oxygen atoms in total. The number of anilines is 1. The van der Waals surface area contributed by atoms with E-state index in [0.717, 1.165) is 40.1 Å². The zero-order valence-electron chi connectivity index (χ0n) is 10.9. The first-order valence-corrected chi connectivity index (χ1v) is 8.47. The minimum Gasteiger partial charge on any atom is -0.377 e. The zero-order chi connectivity index (χ0) is 13.1. The van der Waals surface area contributed by atoms with Crippen molar-refractivity contribution in [1.29, 1.82) is 0 Å². The Bertz CT molecular complexity index is 552. The van der Waals surface area contributed by atoms with E-state index < -0.39 is 0 Å². The largest absolute Gasteiger partial charge is 0.377 e. The predicted molar refractivity (Wildman–Crippen MR) is 81.3 cm³/mol. The van der Waals surface area contributed by atoms with Gasteiger partial charge in [0.2, 0.25) is 5.95 Å². The molecule has 0 radical (unpaired) electrons. The highest BCUT2D eigenvalue weighted by atomic mass is 32.2. The third-order valence-corrected chi connectivity index (χ3v) is 4.98. The zero-order valence-corrected chi connectivity index (χ0v) is 12.5. The van der Waals surface area contributed by atoms with E-state index in [4.69, 9.17) is 4.74 Å². The Hall–Kier alpha value is -0.850. The molecule has 1 fully saturated rings. The summed E-state index contributed by atoms with van der Waals surface area (Å²) in [4.78, 5) is 10.2. The first kappa shape index (κ1) is 13.1. The standard InChI is InChI=1S/C13H17N3OS2/c1-2-14-13-15-11-10(5-7-18-11)12(16-13)19-8-9-4-3-6-17-9/h5,7,9H,2-4,6,8H2,1H3,(H,14,15,16). The number of rotatable bonds is 5. The average Bonchev–Trinajstić information content (AvgIpc) is 3.07. The maximum Gasteiger partial charge on any atom is 0.225 e. The molecule has 1 atom stereocenters. The molecule has 0 aromatic carbocycles. The molecule has 1 N–H and O–H groups in total. The minimum atomic E-state index is 0.385. The Kier molecular flexibility index (Phi) is 4.20. The predicted octanol–water partition coefficient (Wildman–Crippen LogP) is 3.39. The highest BCUT2D eigenvalue weighted by Crippen LogP contribution is 2.31. The number of hydrogen-bond acceptors (Lipinski definition) is 6. The maximum atomic E-state index is 5.67. The molecule has 0 bridgehead atoms. The molecule has 1 aliphatic heterocycles. The normalized spacial score (nSPS) is 19.1. The van der Waals surface area contributed by atoms with Crippen molar-refractivity contribution >= 4 is 39.3 Å². The van der Waals surface area contributed by atoms with Gasteiger partial charge in [-0.3, -0.25) is 0 Å². The molecule has 1 saturated heterocycles.